The summed E-state index contributed by atoms with van der Waals surface area (Å²) >= 11 is 0. The maximum absolute atomic E-state index is 8.91. The van der Waals surface area contributed by atoms with E-state index in [1.165, 1.54) is 0 Å². The van der Waals surface area contributed by atoms with Crippen molar-refractivity contribution >= 4 is 0 Å². The first kappa shape index (κ1) is 24.9. The Morgan fingerprint density at radius 3 is 1.50 bits per heavy atom. The number of hydrogen-bond donors (Lipinski definition) is 2. The van der Waals surface area contributed by atoms with Crippen LogP contribution < -0.4 is 0 Å². The van der Waals surface area contributed by atoms with Crippen molar-refractivity contribution in [3.8, 4) is 0 Å². The average Bonchev–Trinajstić information content (AvgIpc) is 2.36. The lowest BCUT2D eigenvalue weighted by molar-refractivity contribution is 0.130. The number of aliphatic hydroxyl groups is 2. The number of rotatable bonds is 8. The monoisotopic (exact) mass is 291 g/mol. The van der Waals surface area contributed by atoms with Crippen LogP contribution in [0.4, 0.5) is 0 Å². The van der Waals surface area contributed by atoms with Gasteiger partial charge in [0.15, 0.2) is 0 Å². The van der Waals surface area contributed by atoms with Gasteiger partial charge in [0.1, 0.15) is 0 Å². The van der Waals surface area contributed by atoms with Crippen molar-refractivity contribution in [3.63, 3.8) is 0 Å². The number of aliphatic hydroxyl groups excluding tert-OH is 2. The molecule has 1 atom stereocenters. The molecular weight excluding hydrogens is 250 g/mol. The highest BCUT2D eigenvalue weighted by atomic mass is 16.3. The fourth-order valence-electron chi connectivity index (χ4n) is 1.47. The lowest BCUT2D eigenvalue weighted by atomic mass is 10.1. The van der Waals surface area contributed by atoms with Crippen molar-refractivity contribution in [2.45, 2.75) is 74.3 Å². The zero-order chi connectivity index (χ0) is 16.6. The number of nitrogens with zero attached hydrogens (tertiary/aromatic N) is 1. The van der Waals surface area contributed by atoms with Crippen LogP contribution in [0, 0.1) is 11.8 Å². The summed E-state index contributed by atoms with van der Waals surface area (Å²) in [5.41, 5.74) is 0. The predicted molar refractivity (Wildman–Crippen MR) is 91.1 cm³/mol. The van der Waals surface area contributed by atoms with Crippen LogP contribution in [0.3, 0.4) is 0 Å². The third-order valence-corrected chi connectivity index (χ3v) is 2.55. The zero-order valence-corrected chi connectivity index (χ0v) is 15.3. The lowest BCUT2D eigenvalue weighted by Crippen LogP contribution is -2.37. The van der Waals surface area contributed by atoms with Crippen molar-refractivity contribution < 1.29 is 10.2 Å². The molecule has 2 N–H and O–H groups in total. The quantitative estimate of drug-likeness (QED) is 0.715. The summed E-state index contributed by atoms with van der Waals surface area (Å²) < 4.78 is 0. The van der Waals surface area contributed by atoms with Crippen LogP contribution in [0.25, 0.3) is 0 Å². The molecule has 0 heterocycles. The van der Waals surface area contributed by atoms with Gasteiger partial charge in [-0.2, -0.15) is 0 Å². The molecule has 3 nitrogen and oxygen atoms in total. The van der Waals surface area contributed by atoms with Crippen molar-refractivity contribution in [1.82, 2.24) is 4.90 Å². The van der Waals surface area contributed by atoms with Crippen LogP contribution >= 0.6 is 0 Å². The van der Waals surface area contributed by atoms with Crippen LogP contribution in [0.15, 0.2) is 0 Å². The molecule has 0 aromatic carbocycles. The van der Waals surface area contributed by atoms with Crippen LogP contribution in [0.1, 0.15) is 68.2 Å². The summed E-state index contributed by atoms with van der Waals surface area (Å²) in [6, 6.07) is 0.367. The van der Waals surface area contributed by atoms with Crippen LogP contribution in [-0.4, -0.2) is 47.5 Å². The Bertz CT molecular complexity index is 158. The minimum atomic E-state index is 0.202. The van der Waals surface area contributed by atoms with Crippen molar-refractivity contribution in [2.24, 2.45) is 11.8 Å². The van der Waals surface area contributed by atoms with Crippen LogP contribution in [0.5, 0.6) is 0 Å². The molecule has 0 aliphatic rings. The van der Waals surface area contributed by atoms with Gasteiger partial charge in [-0.15, -0.1) is 0 Å². The zero-order valence-electron chi connectivity index (χ0n) is 15.3. The maximum atomic E-state index is 8.91. The summed E-state index contributed by atoms with van der Waals surface area (Å²) in [7, 11) is 0. The first-order chi connectivity index (χ1) is 9.34. The van der Waals surface area contributed by atoms with E-state index in [-0.39, 0.29) is 13.2 Å². The highest BCUT2D eigenvalue weighted by Gasteiger charge is 2.12. The molecule has 1 unspecified atom stereocenters. The molecule has 0 aromatic rings. The van der Waals surface area contributed by atoms with E-state index in [0.29, 0.717) is 18.5 Å². The lowest BCUT2D eigenvalue weighted by Gasteiger charge is -2.28. The first-order valence-corrected chi connectivity index (χ1v) is 8.30. The molecule has 0 saturated heterocycles. The van der Waals surface area contributed by atoms with Crippen LogP contribution in [-0.2, 0) is 0 Å². The second-order valence-electron chi connectivity index (χ2n) is 6.04. The van der Waals surface area contributed by atoms with E-state index in [9.17, 15) is 0 Å². The smallest absolute Gasteiger partial charge is 0.0558 e. The summed E-state index contributed by atoms with van der Waals surface area (Å²) in [5.74, 6) is 1.53. The average molecular weight is 292 g/mol. The second-order valence-corrected chi connectivity index (χ2v) is 6.04. The highest BCUT2D eigenvalue weighted by molar-refractivity contribution is 4.67. The Labute approximate surface area is 128 Å². The SMILES string of the molecule is CC.CC(C)C.CC(C)CCN(CCO)C(C)CCO. The maximum Gasteiger partial charge on any atom is 0.0558 e. The van der Waals surface area contributed by atoms with E-state index >= 15 is 0 Å². The van der Waals surface area contributed by atoms with Crippen molar-refractivity contribution in [3.05, 3.63) is 0 Å². The van der Waals surface area contributed by atoms with E-state index in [4.69, 9.17) is 10.2 Å². The molecule has 0 amide bonds. The number of hydrogen-bond acceptors (Lipinski definition) is 3. The fourth-order valence-corrected chi connectivity index (χ4v) is 1.47. The van der Waals surface area contributed by atoms with Crippen molar-refractivity contribution in [2.75, 3.05) is 26.3 Å². The predicted octanol–water partition coefficient (Wildman–Crippen LogP) is 3.79. The largest absolute Gasteiger partial charge is 0.396 e. The van der Waals surface area contributed by atoms with E-state index in [2.05, 4.69) is 46.4 Å². The standard InChI is InChI=1S/C11H25NO2.C4H10.C2H6/c1-10(2)4-6-12(7-9-14)11(3)5-8-13;1-4(2)3;1-2/h10-11,13-14H,4-9H2,1-3H3;4H,1-3H3;1-2H3. The normalized spacial score (nSPS) is 11.8. The molecule has 0 aliphatic heterocycles. The first-order valence-electron chi connectivity index (χ1n) is 8.30. The minimum Gasteiger partial charge on any atom is -0.396 e. The third-order valence-electron chi connectivity index (χ3n) is 2.55. The topological polar surface area (TPSA) is 43.7 Å². The highest BCUT2D eigenvalue weighted by Crippen LogP contribution is 2.07. The Balaban J connectivity index is -0.000000410. The van der Waals surface area contributed by atoms with Gasteiger partial charge >= 0.3 is 0 Å². The second kappa shape index (κ2) is 18.9. The molecule has 20 heavy (non-hydrogen) atoms. The summed E-state index contributed by atoms with van der Waals surface area (Å²) in [6.45, 7) is 19.2. The molecule has 0 spiro atoms. The summed E-state index contributed by atoms with van der Waals surface area (Å²) in [4.78, 5) is 2.25. The Morgan fingerprint density at radius 2 is 1.20 bits per heavy atom. The Kier molecular flexibility index (Phi) is 23.5. The van der Waals surface area contributed by atoms with Gasteiger partial charge in [0.25, 0.3) is 0 Å². The van der Waals surface area contributed by atoms with Crippen molar-refractivity contribution in [1.29, 1.82) is 0 Å². The molecule has 0 aliphatic carbocycles. The summed E-state index contributed by atoms with van der Waals surface area (Å²) in [6.07, 6.45) is 1.94. The molecule has 0 bridgehead atoms. The van der Waals surface area contributed by atoms with E-state index in [1.807, 2.05) is 13.8 Å². The molecule has 0 rings (SSSR count). The summed E-state index contributed by atoms with van der Waals surface area (Å²) in [5, 5.41) is 17.8. The van der Waals surface area contributed by atoms with E-state index < -0.39 is 0 Å². The molecule has 0 radical (unpaired) electrons. The molecule has 0 fully saturated rings. The Morgan fingerprint density at radius 1 is 0.750 bits per heavy atom. The van der Waals surface area contributed by atoms with Crippen LogP contribution in [0.2, 0.25) is 0 Å². The van der Waals surface area contributed by atoms with Gasteiger partial charge in [0.05, 0.1) is 6.61 Å². The van der Waals surface area contributed by atoms with Gasteiger partial charge in [0.2, 0.25) is 0 Å². The fraction of sp³-hybridized carbons (Fsp3) is 1.00. The van der Waals surface area contributed by atoms with Gasteiger partial charge in [-0.05, 0) is 38.1 Å². The molecular formula is C17H41NO2. The molecule has 0 aromatic heterocycles. The minimum absolute atomic E-state index is 0.202. The van der Waals surface area contributed by atoms with Gasteiger partial charge in [-0.25, -0.2) is 0 Å². The molecule has 126 valence electrons. The molecule has 0 saturated carbocycles. The van der Waals surface area contributed by atoms with E-state index in [0.717, 1.165) is 25.3 Å². The third kappa shape index (κ3) is 23.0. The van der Waals surface area contributed by atoms with Gasteiger partial charge in [0, 0.05) is 19.2 Å². The molecule has 3 heteroatoms. The van der Waals surface area contributed by atoms with Gasteiger partial charge in [-0.3, -0.25) is 4.90 Å². The van der Waals surface area contributed by atoms with Gasteiger partial charge < -0.3 is 10.2 Å². The van der Waals surface area contributed by atoms with E-state index in [1.54, 1.807) is 0 Å². The Hall–Kier alpha value is -0.120. The van der Waals surface area contributed by atoms with Gasteiger partial charge in [-0.1, -0.05) is 48.5 Å².